The van der Waals surface area contributed by atoms with Gasteiger partial charge in [0.2, 0.25) is 0 Å². The molecule has 0 bridgehead atoms. The van der Waals surface area contributed by atoms with E-state index in [-0.39, 0.29) is 11.5 Å². The van der Waals surface area contributed by atoms with Crippen LogP contribution in [-0.4, -0.2) is 9.67 Å². The number of hydrogen-bond acceptors (Lipinski definition) is 2. The van der Waals surface area contributed by atoms with Gasteiger partial charge >= 0.3 is 0 Å². The zero-order valence-electron chi connectivity index (χ0n) is 11.5. The Morgan fingerprint density at radius 3 is 2.75 bits per heavy atom. The molecule has 0 saturated heterocycles. The van der Waals surface area contributed by atoms with E-state index in [9.17, 15) is 9.50 Å². The molecule has 0 aliphatic rings. The zero-order valence-corrected chi connectivity index (χ0v) is 11.5. The van der Waals surface area contributed by atoms with Crippen molar-refractivity contribution in [3.05, 3.63) is 59.2 Å². The van der Waals surface area contributed by atoms with Gasteiger partial charge in [0.25, 0.3) is 0 Å². The second-order valence-electron chi connectivity index (χ2n) is 5.23. The molecule has 0 spiro atoms. The highest BCUT2D eigenvalue weighted by Gasteiger charge is 2.13. The van der Waals surface area contributed by atoms with Crippen LogP contribution < -0.4 is 0 Å². The van der Waals surface area contributed by atoms with Gasteiger partial charge in [0, 0.05) is 18.9 Å². The van der Waals surface area contributed by atoms with Crippen LogP contribution in [0.1, 0.15) is 36.6 Å². The van der Waals surface area contributed by atoms with Gasteiger partial charge in [-0.1, -0.05) is 19.9 Å². The summed E-state index contributed by atoms with van der Waals surface area (Å²) in [4.78, 5) is 0. The minimum atomic E-state index is -0.500. The first-order valence-corrected chi connectivity index (χ1v) is 6.53. The molecule has 1 heterocycles. The standard InChI is InChI=1S/C16H17FN2O/c1-11(2)16(20)13-5-6-19(10-13)9-12-3-4-15(17)14(7-12)8-18/h3-7,10-11,16,20H,9H2,1-2H3. The van der Waals surface area contributed by atoms with Gasteiger partial charge in [0.1, 0.15) is 11.9 Å². The number of aromatic nitrogens is 1. The highest BCUT2D eigenvalue weighted by molar-refractivity contribution is 5.34. The first-order valence-electron chi connectivity index (χ1n) is 6.53. The smallest absolute Gasteiger partial charge is 0.140 e. The van der Waals surface area contributed by atoms with Gasteiger partial charge in [-0.3, -0.25) is 0 Å². The third-order valence-corrected chi connectivity index (χ3v) is 3.26. The summed E-state index contributed by atoms with van der Waals surface area (Å²) in [5, 5.41) is 18.8. The van der Waals surface area contributed by atoms with Crippen LogP contribution in [0.5, 0.6) is 0 Å². The topological polar surface area (TPSA) is 49.0 Å². The average Bonchev–Trinajstić information content (AvgIpc) is 2.88. The SMILES string of the molecule is CC(C)C(O)c1ccn(Cc2ccc(F)c(C#N)c2)c1. The van der Waals surface area contributed by atoms with E-state index in [4.69, 9.17) is 5.26 Å². The van der Waals surface area contributed by atoms with Gasteiger partial charge in [-0.2, -0.15) is 5.26 Å². The number of rotatable bonds is 4. The largest absolute Gasteiger partial charge is 0.388 e. The van der Waals surface area contributed by atoms with Crippen molar-refractivity contribution in [2.45, 2.75) is 26.5 Å². The van der Waals surface area contributed by atoms with Gasteiger partial charge in [-0.15, -0.1) is 0 Å². The summed E-state index contributed by atoms with van der Waals surface area (Å²) in [5.74, 6) is -0.346. The van der Waals surface area contributed by atoms with Crippen LogP contribution in [0.2, 0.25) is 0 Å². The third kappa shape index (κ3) is 3.06. The lowest BCUT2D eigenvalue weighted by Gasteiger charge is -2.12. The number of nitrogens with zero attached hydrogens (tertiary/aromatic N) is 2. The summed E-state index contributed by atoms with van der Waals surface area (Å²) in [7, 11) is 0. The van der Waals surface area contributed by atoms with E-state index in [1.54, 1.807) is 12.1 Å². The molecule has 2 rings (SSSR count). The van der Waals surface area contributed by atoms with Gasteiger partial charge in [-0.25, -0.2) is 4.39 Å². The van der Waals surface area contributed by atoms with Crippen LogP contribution in [-0.2, 0) is 6.54 Å². The molecule has 4 heteroatoms. The average molecular weight is 272 g/mol. The molecular weight excluding hydrogens is 255 g/mol. The van der Waals surface area contributed by atoms with Crippen molar-refractivity contribution in [3.63, 3.8) is 0 Å². The molecule has 0 amide bonds. The molecule has 0 aliphatic carbocycles. The molecule has 0 saturated carbocycles. The lowest BCUT2D eigenvalue weighted by atomic mass is 10.0. The number of hydrogen-bond donors (Lipinski definition) is 1. The molecule has 1 aromatic carbocycles. The van der Waals surface area contributed by atoms with Crippen molar-refractivity contribution < 1.29 is 9.50 Å². The zero-order chi connectivity index (χ0) is 14.7. The predicted molar refractivity (Wildman–Crippen MR) is 74.4 cm³/mol. The van der Waals surface area contributed by atoms with E-state index in [1.165, 1.54) is 6.07 Å². The van der Waals surface area contributed by atoms with Crippen molar-refractivity contribution in [3.8, 4) is 6.07 Å². The Kier molecular flexibility index (Phi) is 4.21. The Morgan fingerprint density at radius 2 is 2.10 bits per heavy atom. The van der Waals surface area contributed by atoms with Crippen molar-refractivity contribution >= 4 is 0 Å². The summed E-state index contributed by atoms with van der Waals surface area (Å²) < 4.78 is 15.2. The quantitative estimate of drug-likeness (QED) is 0.928. The Hall–Kier alpha value is -2.12. The van der Waals surface area contributed by atoms with Crippen molar-refractivity contribution in [2.24, 2.45) is 5.92 Å². The van der Waals surface area contributed by atoms with E-state index in [0.29, 0.717) is 6.54 Å². The van der Waals surface area contributed by atoms with E-state index in [0.717, 1.165) is 11.1 Å². The normalized spacial score (nSPS) is 12.4. The molecule has 1 aromatic heterocycles. The molecule has 1 unspecified atom stereocenters. The Bertz CT molecular complexity index is 640. The fraction of sp³-hybridized carbons (Fsp3) is 0.312. The molecule has 1 N–H and O–H groups in total. The summed E-state index contributed by atoms with van der Waals surface area (Å²) in [6, 6.07) is 8.23. The molecule has 20 heavy (non-hydrogen) atoms. The lowest BCUT2D eigenvalue weighted by Crippen LogP contribution is -2.04. The second kappa shape index (κ2) is 5.89. The Labute approximate surface area is 117 Å². The Morgan fingerprint density at radius 1 is 1.35 bits per heavy atom. The molecule has 1 atom stereocenters. The molecule has 2 aromatic rings. The predicted octanol–water partition coefficient (Wildman–Crippen LogP) is 3.24. The van der Waals surface area contributed by atoms with E-state index < -0.39 is 11.9 Å². The number of benzene rings is 1. The van der Waals surface area contributed by atoms with Crippen LogP contribution in [0, 0.1) is 23.1 Å². The molecule has 0 fully saturated rings. The first kappa shape index (κ1) is 14.3. The molecule has 104 valence electrons. The number of aliphatic hydroxyl groups excluding tert-OH is 1. The van der Waals surface area contributed by atoms with Crippen molar-refractivity contribution in [1.29, 1.82) is 5.26 Å². The van der Waals surface area contributed by atoms with E-state index in [2.05, 4.69) is 0 Å². The van der Waals surface area contributed by atoms with Crippen molar-refractivity contribution in [2.75, 3.05) is 0 Å². The summed E-state index contributed by atoms with van der Waals surface area (Å²) >= 11 is 0. The molecular formula is C16H17FN2O. The monoisotopic (exact) mass is 272 g/mol. The molecule has 0 aliphatic heterocycles. The highest BCUT2D eigenvalue weighted by Crippen LogP contribution is 2.22. The number of nitriles is 1. The van der Waals surface area contributed by atoms with Crippen LogP contribution in [0.4, 0.5) is 4.39 Å². The van der Waals surface area contributed by atoms with Gasteiger partial charge < -0.3 is 9.67 Å². The van der Waals surface area contributed by atoms with Gasteiger partial charge in [0.05, 0.1) is 11.7 Å². The summed E-state index contributed by atoms with van der Waals surface area (Å²) in [5.41, 5.74) is 1.77. The molecule has 3 nitrogen and oxygen atoms in total. The maximum atomic E-state index is 13.2. The minimum absolute atomic E-state index is 0.0529. The van der Waals surface area contributed by atoms with Crippen LogP contribution >= 0.6 is 0 Å². The van der Waals surface area contributed by atoms with Crippen molar-refractivity contribution in [1.82, 2.24) is 4.57 Å². The van der Waals surface area contributed by atoms with E-state index in [1.807, 2.05) is 42.9 Å². The van der Waals surface area contributed by atoms with Crippen LogP contribution in [0.15, 0.2) is 36.7 Å². The maximum Gasteiger partial charge on any atom is 0.140 e. The number of aliphatic hydroxyl groups is 1. The number of halogens is 1. The highest BCUT2D eigenvalue weighted by atomic mass is 19.1. The first-order chi connectivity index (χ1) is 9.51. The maximum absolute atomic E-state index is 13.2. The fourth-order valence-corrected chi connectivity index (χ4v) is 2.08. The molecule has 0 radical (unpaired) electrons. The van der Waals surface area contributed by atoms with Crippen LogP contribution in [0.3, 0.4) is 0 Å². The second-order valence-corrected chi connectivity index (χ2v) is 5.23. The van der Waals surface area contributed by atoms with Crippen LogP contribution in [0.25, 0.3) is 0 Å². The summed E-state index contributed by atoms with van der Waals surface area (Å²) in [6.45, 7) is 4.46. The van der Waals surface area contributed by atoms with Gasteiger partial charge in [-0.05, 0) is 35.2 Å². The van der Waals surface area contributed by atoms with E-state index >= 15 is 0 Å². The van der Waals surface area contributed by atoms with Gasteiger partial charge in [0.15, 0.2) is 0 Å². The Balaban J connectivity index is 2.17. The fourth-order valence-electron chi connectivity index (χ4n) is 2.08. The minimum Gasteiger partial charge on any atom is -0.388 e. The third-order valence-electron chi connectivity index (χ3n) is 3.26. The summed E-state index contributed by atoms with van der Waals surface area (Å²) in [6.07, 6.45) is 3.26. The lowest BCUT2D eigenvalue weighted by molar-refractivity contribution is 0.127.